The first-order valence-electron chi connectivity index (χ1n) is 8.08. The molecule has 1 aromatic heterocycles. The number of fused-ring (bicyclic) bond motifs is 1. The van der Waals surface area contributed by atoms with Crippen LogP contribution in [0.3, 0.4) is 0 Å². The van der Waals surface area contributed by atoms with Crippen molar-refractivity contribution in [1.82, 2.24) is 4.98 Å². The Bertz CT molecular complexity index is 920. The molecule has 10 heteroatoms. The molecule has 1 aromatic carbocycles. The second kappa shape index (κ2) is 7.58. The largest absolute Gasteiger partial charge is 0.474 e. The monoisotopic (exact) mass is 390 g/mol. The Hall–Kier alpha value is -3.20. The van der Waals surface area contributed by atoms with Gasteiger partial charge in [0, 0.05) is 6.07 Å². The summed E-state index contributed by atoms with van der Waals surface area (Å²) in [5.74, 6) is -1.32. The van der Waals surface area contributed by atoms with Gasteiger partial charge in [-0.15, -0.1) is 0 Å². The maximum atomic E-state index is 12.6. The molecule has 1 atom stereocenters. The average Bonchev–Trinajstić information content (AvgIpc) is 2.65. The number of para-hydroxylation sites is 1. The number of nitro groups is 1. The van der Waals surface area contributed by atoms with E-state index in [9.17, 15) is 19.7 Å². The van der Waals surface area contributed by atoms with Crippen molar-refractivity contribution in [3.63, 3.8) is 0 Å². The second-order valence-corrected chi connectivity index (χ2v) is 6.12. The Morgan fingerprint density at radius 2 is 2.11 bits per heavy atom. The van der Waals surface area contributed by atoms with Gasteiger partial charge in [-0.3, -0.25) is 14.5 Å². The fourth-order valence-electron chi connectivity index (χ4n) is 2.60. The molecule has 0 fully saturated rings. The molecule has 2 amide bonds. The summed E-state index contributed by atoms with van der Waals surface area (Å²) in [4.78, 5) is 40.4. The molecular weight excluding hydrogens is 376 g/mol. The summed E-state index contributed by atoms with van der Waals surface area (Å²) in [7, 11) is 0. The van der Waals surface area contributed by atoms with E-state index < -0.39 is 28.7 Å². The SMILES string of the molecule is CCC1Oc2ccc([N+](=O)[O-])nc2N(CC(=O)Nc2ccccc2Cl)C1=O. The zero-order valence-electron chi connectivity index (χ0n) is 14.2. The van der Waals surface area contributed by atoms with Crippen LogP contribution in [0.4, 0.5) is 17.3 Å². The lowest BCUT2D eigenvalue weighted by Gasteiger charge is -2.30. The van der Waals surface area contributed by atoms with Crippen molar-refractivity contribution >= 4 is 40.7 Å². The maximum absolute atomic E-state index is 12.6. The maximum Gasteiger partial charge on any atom is 0.366 e. The molecule has 9 nitrogen and oxygen atoms in total. The molecule has 0 radical (unpaired) electrons. The fourth-order valence-corrected chi connectivity index (χ4v) is 2.78. The van der Waals surface area contributed by atoms with Gasteiger partial charge >= 0.3 is 5.82 Å². The molecule has 0 spiro atoms. The highest BCUT2D eigenvalue weighted by Gasteiger charge is 2.39. The molecule has 3 rings (SSSR count). The number of nitrogens with one attached hydrogen (secondary N) is 1. The molecule has 1 aliphatic rings. The highest BCUT2D eigenvalue weighted by Crippen LogP contribution is 2.34. The molecule has 140 valence electrons. The average molecular weight is 391 g/mol. The molecule has 2 aromatic rings. The van der Waals surface area contributed by atoms with Crippen LogP contribution in [0.25, 0.3) is 0 Å². The van der Waals surface area contributed by atoms with Crippen molar-refractivity contribution in [2.75, 3.05) is 16.8 Å². The van der Waals surface area contributed by atoms with Crippen LogP contribution in [0.2, 0.25) is 5.02 Å². The van der Waals surface area contributed by atoms with Crippen molar-refractivity contribution in [2.24, 2.45) is 0 Å². The summed E-state index contributed by atoms with van der Waals surface area (Å²) in [5, 5.41) is 14.0. The number of carbonyl (C=O) groups is 2. The van der Waals surface area contributed by atoms with Gasteiger partial charge in [0.2, 0.25) is 5.91 Å². The van der Waals surface area contributed by atoms with E-state index in [1.807, 2.05) is 0 Å². The molecule has 2 heterocycles. The molecule has 0 bridgehead atoms. The van der Waals surface area contributed by atoms with Crippen molar-refractivity contribution in [3.05, 3.63) is 51.5 Å². The highest BCUT2D eigenvalue weighted by atomic mass is 35.5. The zero-order valence-corrected chi connectivity index (χ0v) is 15.0. The lowest BCUT2D eigenvalue weighted by molar-refractivity contribution is -0.389. The molecular formula is C17H15ClN4O5. The van der Waals surface area contributed by atoms with Crippen LogP contribution in [0.5, 0.6) is 5.75 Å². The first kappa shape index (κ1) is 18.6. The van der Waals surface area contributed by atoms with Crippen molar-refractivity contribution in [3.8, 4) is 5.75 Å². The minimum Gasteiger partial charge on any atom is -0.474 e. The molecule has 0 aliphatic carbocycles. The molecule has 27 heavy (non-hydrogen) atoms. The zero-order chi connectivity index (χ0) is 19.6. The van der Waals surface area contributed by atoms with Crippen LogP contribution in [-0.2, 0) is 9.59 Å². The molecule has 1 unspecified atom stereocenters. The standard InChI is InChI=1S/C17H15ClN4O5/c1-2-12-17(24)21(9-15(23)19-11-6-4-3-5-10(11)18)16-13(27-12)7-8-14(20-16)22(25)26/h3-8,12H,2,9H2,1H3,(H,19,23). The number of hydrogen-bond donors (Lipinski definition) is 1. The Labute approximate surface area is 159 Å². The highest BCUT2D eigenvalue weighted by molar-refractivity contribution is 6.33. The van der Waals surface area contributed by atoms with Crippen LogP contribution in [-0.4, -0.2) is 34.4 Å². The van der Waals surface area contributed by atoms with Crippen LogP contribution >= 0.6 is 11.6 Å². The number of pyridine rings is 1. The molecule has 1 aliphatic heterocycles. The third-order valence-electron chi connectivity index (χ3n) is 3.90. The minimum absolute atomic E-state index is 0.0618. The number of nitrogens with zero attached hydrogens (tertiary/aromatic N) is 3. The van der Waals surface area contributed by atoms with Crippen LogP contribution < -0.4 is 15.0 Å². The number of hydrogen-bond acceptors (Lipinski definition) is 6. The Morgan fingerprint density at radius 1 is 1.37 bits per heavy atom. The van der Waals surface area contributed by atoms with Crippen LogP contribution in [0.15, 0.2) is 36.4 Å². The van der Waals surface area contributed by atoms with Gasteiger partial charge in [-0.25, -0.2) is 0 Å². The predicted molar refractivity (Wildman–Crippen MR) is 98.0 cm³/mol. The van der Waals surface area contributed by atoms with E-state index in [-0.39, 0.29) is 18.1 Å². The number of amides is 2. The van der Waals surface area contributed by atoms with Gasteiger partial charge in [-0.2, -0.15) is 0 Å². The van der Waals surface area contributed by atoms with E-state index in [4.69, 9.17) is 16.3 Å². The first-order chi connectivity index (χ1) is 12.9. The van der Waals surface area contributed by atoms with Crippen LogP contribution in [0.1, 0.15) is 13.3 Å². The Morgan fingerprint density at radius 3 is 2.78 bits per heavy atom. The number of anilines is 2. The van der Waals surface area contributed by atoms with E-state index in [0.29, 0.717) is 17.1 Å². The first-order valence-corrected chi connectivity index (χ1v) is 8.46. The Kier molecular flexibility index (Phi) is 5.22. The molecule has 1 N–H and O–H groups in total. The summed E-state index contributed by atoms with van der Waals surface area (Å²) in [6, 6.07) is 9.21. The van der Waals surface area contributed by atoms with Gasteiger partial charge in [0.1, 0.15) is 6.54 Å². The van der Waals surface area contributed by atoms with E-state index in [0.717, 1.165) is 4.90 Å². The predicted octanol–water partition coefficient (Wildman–Crippen LogP) is 2.79. The quantitative estimate of drug-likeness (QED) is 0.620. The number of halogens is 1. The van der Waals surface area contributed by atoms with E-state index in [1.54, 1.807) is 31.2 Å². The third-order valence-corrected chi connectivity index (χ3v) is 4.23. The van der Waals surface area contributed by atoms with E-state index >= 15 is 0 Å². The second-order valence-electron chi connectivity index (χ2n) is 5.72. The molecule has 0 saturated carbocycles. The summed E-state index contributed by atoms with van der Waals surface area (Å²) < 4.78 is 5.55. The fraction of sp³-hybridized carbons (Fsp3) is 0.235. The topological polar surface area (TPSA) is 115 Å². The third kappa shape index (κ3) is 3.82. The smallest absolute Gasteiger partial charge is 0.366 e. The van der Waals surface area contributed by atoms with Crippen molar-refractivity contribution in [2.45, 2.75) is 19.4 Å². The summed E-state index contributed by atoms with van der Waals surface area (Å²) in [6.07, 6.45) is -0.424. The van der Waals surface area contributed by atoms with E-state index in [1.165, 1.54) is 12.1 Å². The van der Waals surface area contributed by atoms with Gasteiger partial charge in [0.15, 0.2) is 11.9 Å². The molecule has 0 saturated heterocycles. The lowest BCUT2D eigenvalue weighted by atomic mass is 10.2. The summed E-state index contributed by atoms with van der Waals surface area (Å²) in [6.45, 7) is 1.37. The van der Waals surface area contributed by atoms with Gasteiger partial charge in [-0.1, -0.05) is 30.7 Å². The van der Waals surface area contributed by atoms with Gasteiger partial charge in [-0.05, 0) is 34.5 Å². The number of rotatable bonds is 5. The van der Waals surface area contributed by atoms with Crippen molar-refractivity contribution in [1.29, 1.82) is 0 Å². The van der Waals surface area contributed by atoms with Crippen molar-refractivity contribution < 1.29 is 19.2 Å². The lowest BCUT2D eigenvalue weighted by Crippen LogP contribution is -2.49. The van der Waals surface area contributed by atoms with Gasteiger partial charge < -0.3 is 20.2 Å². The number of aromatic nitrogens is 1. The Balaban J connectivity index is 1.89. The normalized spacial score (nSPS) is 15.7. The minimum atomic E-state index is -0.797. The van der Waals surface area contributed by atoms with Gasteiger partial charge in [0.05, 0.1) is 10.7 Å². The number of ether oxygens (including phenoxy) is 1. The van der Waals surface area contributed by atoms with Gasteiger partial charge in [0.25, 0.3) is 11.7 Å². The summed E-state index contributed by atoms with van der Waals surface area (Å²) >= 11 is 6.02. The number of benzene rings is 1. The van der Waals surface area contributed by atoms with E-state index in [2.05, 4.69) is 10.3 Å². The summed E-state index contributed by atoms with van der Waals surface area (Å²) in [5.41, 5.74) is 0.393. The van der Waals surface area contributed by atoms with Crippen LogP contribution in [0, 0.1) is 10.1 Å². The number of carbonyl (C=O) groups excluding carboxylic acids is 2.